The van der Waals surface area contributed by atoms with Gasteiger partial charge in [0.15, 0.2) is 15.5 Å². The van der Waals surface area contributed by atoms with Gasteiger partial charge in [-0.05, 0) is 57.1 Å². The first-order chi connectivity index (χ1) is 16.6. The van der Waals surface area contributed by atoms with E-state index in [1.807, 2.05) is 14.1 Å². The summed E-state index contributed by atoms with van der Waals surface area (Å²) in [6, 6.07) is 6.55. The number of benzene rings is 1. The number of rotatable bonds is 8. The summed E-state index contributed by atoms with van der Waals surface area (Å²) >= 11 is 0. The highest BCUT2D eigenvalue weighted by Crippen LogP contribution is 2.27. The molecule has 1 saturated heterocycles. The average molecular weight is 502 g/mol. The zero-order valence-electron chi connectivity index (χ0n) is 20.2. The molecule has 0 bridgehead atoms. The normalized spacial score (nSPS) is 15.1. The predicted molar refractivity (Wildman–Crippen MR) is 133 cm³/mol. The molecule has 0 spiro atoms. The lowest BCUT2D eigenvalue weighted by Gasteiger charge is -2.34. The molecule has 3 aromatic rings. The zero-order chi connectivity index (χ0) is 25.2. The maximum Gasteiger partial charge on any atom is 0.407 e. The molecule has 1 fully saturated rings. The molecule has 1 aromatic carbocycles. The number of aromatic nitrogens is 4. The van der Waals surface area contributed by atoms with Crippen molar-refractivity contribution in [1.82, 2.24) is 29.5 Å². The van der Waals surface area contributed by atoms with Gasteiger partial charge in [-0.25, -0.2) is 27.9 Å². The van der Waals surface area contributed by atoms with E-state index >= 15 is 0 Å². The SMILES string of the molecule is CN(C)CCN(CC1CCN(C(=O)O)CC1)c1ncnc2c1cnn2-c1ccc(S(C)(=O)=O)cc1. The maximum atomic E-state index is 11.8. The number of nitrogens with zero attached hydrogens (tertiary/aromatic N) is 7. The first-order valence-electron chi connectivity index (χ1n) is 11.5. The molecular weight excluding hydrogens is 470 g/mol. The van der Waals surface area contributed by atoms with Crippen molar-refractivity contribution in [2.24, 2.45) is 5.92 Å². The van der Waals surface area contributed by atoms with E-state index < -0.39 is 15.9 Å². The summed E-state index contributed by atoms with van der Waals surface area (Å²) in [7, 11) is 0.764. The fraction of sp³-hybridized carbons (Fsp3) is 0.478. The minimum atomic E-state index is -3.29. The molecule has 12 heteroatoms. The Labute approximate surface area is 204 Å². The average Bonchev–Trinajstić information content (AvgIpc) is 3.26. The third-order valence-corrected chi connectivity index (χ3v) is 7.46. The van der Waals surface area contributed by atoms with Crippen LogP contribution in [-0.4, -0.2) is 102 Å². The second-order valence-electron chi connectivity index (χ2n) is 9.22. The topological polar surface area (TPSA) is 125 Å². The number of likely N-dealkylation sites (N-methyl/N-ethyl adjacent to an activating group) is 1. The van der Waals surface area contributed by atoms with E-state index in [1.54, 1.807) is 35.1 Å². The fourth-order valence-corrected chi connectivity index (χ4v) is 4.96. The molecule has 35 heavy (non-hydrogen) atoms. The Morgan fingerprint density at radius 2 is 1.80 bits per heavy atom. The first-order valence-corrected chi connectivity index (χ1v) is 13.4. The van der Waals surface area contributed by atoms with E-state index in [4.69, 9.17) is 0 Å². The number of hydrogen-bond acceptors (Lipinski definition) is 8. The second-order valence-corrected chi connectivity index (χ2v) is 11.2. The van der Waals surface area contributed by atoms with Crippen LogP contribution < -0.4 is 4.90 Å². The van der Waals surface area contributed by atoms with Crippen LogP contribution in [-0.2, 0) is 9.84 Å². The Morgan fingerprint density at radius 1 is 1.11 bits per heavy atom. The summed E-state index contributed by atoms with van der Waals surface area (Å²) in [5.74, 6) is 1.15. The number of carboxylic acid groups (broad SMARTS) is 1. The summed E-state index contributed by atoms with van der Waals surface area (Å²) in [6.07, 6.45) is 5.21. The van der Waals surface area contributed by atoms with Crippen molar-refractivity contribution in [1.29, 1.82) is 0 Å². The molecule has 0 unspecified atom stereocenters. The van der Waals surface area contributed by atoms with Crippen LogP contribution in [0.2, 0.25) is 0 Å². The Hall–Kier alpha value is -3.25. The molecule has 4 rings (SSSR count). The zero-order valence-corrected chi connectivity index (χ0v) is 21.0. The lowest BCUT2D eigenvalue weighted by atomic mass is 9.96. The van der Waals surface area contributed by atoms with Crippen molar-refractivity contribution in [3.63, 3.8) is 0 Å². The molecule has 1 aliphatic heterocycles. The highest BCUT2D eigenvalue weighted by molar-refractivity contribution is 7.90. The van der Waals surface area contributed by atoms with Crippen LogP contribution in [0.1, 0.15) is 12.8 Å². The van der Waals surface area contributed by atoms with E-state index in [-0.39, 0.29) is 4.90 Å². The van der Waals surface area contributed by atoms with E-state index in [9.17, 15) is 18.3 Å². The number of sulfone groups is 1. The van der Waals surface area contributed by atoms with Gasteiger partial charge in [-0.3, -0.25) is 0 Å². The van der Waals surface area contributed by atoms with E-state index in [0.29, 0.717) is 30.3 Å². The number of fused-ring (bicyclic) bond motifs is 1. The fourth-order valence-electron chi connectivity index (χ4n) is 4.33. The van der Waals surface area contributed by atoms with Gasteiger partial charge in [0, 0.05) is 39.0 Å². The van der Waals surface area contributed by atoms with Crippen molar-refractivity contribution < 1.29 is 18.3 Å². The van der Waals surface area contributed by atoms with Crippen molar-refractivity contribution >= 4 is 32.8 Å². The van der Waals surface area contributed by atoms with Crippen LogP contribution in [0.25, 0.3) is 16.7 Å². The van der Waals surface area contributed by atoms with Gasteiger partial charge in [0.25, 0.3) is 0 Å². The molecule has 3 heterocycles. The standard InChI is InChI=1S/C23H31N7O4S/c1-27(2)12-13-29(15-17-8-10-28(11-9-17)23(31)32)21-20-14-26-30(22(20)25-16-24-21)18-4-6-19(7-5-18)35(3,33)34/h4-7,14,16-17H,8-13,15H2,1-3H3,(H,31,32). The highest BCUT2D eigenvalue weighted by Gasteiger charge is 2.26. The van der Waals surface area contributed by atoms with Crippen LogP contribution in [0.3, 0.4) is 0 Å². The number of hydrogen-bond donors (Lipinski definition) is 1. The van der Waals surface area contributed by atoms with Crippen LogP contribution >= 0.6 is 0 Å². The summed E-state index contributed by atoms with van der Waals surface area (Å²) in [5.41, 5.74) is 1.34. The third-order valence-electron chi connectivity index (χ3n) is 6.33. The molecule has 188 valence electrons. The monoisotopic (exact) mass is 501 g/mol. The van der Waals surface area contributed by atoms with Crippen LogP contribution in [0, 0.1) is 5.92 Å². The predicted octanol–water partition coefficient (Wildman–Crippen LogP) is 1.98. The smallest absolute Gasteiger partial charge is 0.407 e. The molecule has 1 amide bonds. The van der Waals surface area contributed by atoms with Crippen molar-refractivity contribution in [3.05, 3.63) is 36.8 Å². The van der Waals surface area contributed by atoms with Crippen molar-refractivity contribution in [2.45, 2.75) is 17.7 Å². The summed E-state index contributed by atoms with van der Waals surface area (Å²) in [5, 5.41) is 14.6. The number of anilines is 1. The molecule has 1 aliphatic rings. The summed E-state index contributed by atoms with van der Waals surface area (Å²) < 4.78 is 25.3. The molecule has 2 aromatic heterocycles. The van der Waals surface area contributed by atoms with Gasteiger partial charge in [-0.2, -0.15) is 5.10 Å². The first kappa shape index (κ1) is 24.9. The summed E-state index contributed by atoms with van der Waals surface area (Å²) in [6.45, 7) is 3.44. The van der Waals surface area contributed by atoms with Gasteiger partial charge in [0.05, 0.1) is 22.2 Å². The minimum Gasteiger partial charge on any atom is -0.465 e. The van der Waals surface area contributed by atoms with Crippen molar-refractivity contribution in [2.75, 3.05) is 58.0 Å². The maximum absolute atomic E-state index is 11.8. The Bertz CT molecular complexity index is 1280. The Kier molecular flexibility index (Phi) is 7.22. The Balaban J connectivity index is 1.62. The highest BCUT2D eigenvalue weighted by atomic mass is 32.2. The number of amides is 1. The lowest BCUT2D eigenvalue weighted by Crippen LogP contribution is -2.42. The van der Waals surface area contributed by atoms with Gasteiger partial charge in [0.1, 0.15) is 12.1 Å². The lowest BCUT2D eigenvalue weighted by molar-refractivity contribution is 0.125. The van der Waals surface area contributed by atoms with Gasteiger partial charge in [-0.1, -0.05) is 0 Å². The van der Waals surface area contributed by atoms with Crippen LogP contribution in [0.5, 0.6) is 0 Å². The number of carbonyl (C=O) groups is 1. The van der Waals surface area contributed by atoms with Gasteiger partial charge in [-0.15, -0.1) is 0 Å². The van der Waals surface area contributed by atoms with Gasteiger partial charge >= 0.3 is 6.09 Å². The minimum absolute atomic E-state index is 0.247. The number of likely N-dealkylation sites (tertiary alicyclic amines) is 1. The second kappa shape index (κ2) is 10.2. The van der Waals surface area contributed by atoms with E-state index in [0.717, 1.165) is 43.7 Å². The summed E-state index contributed by atoms with van der Waals surface area (Å²) in [4.78, 5) is 26.4. The molecule has 0 saturated carbocycles. The molecule has 0 atom stereocenters. The van der Waals surface area contributed by atoms with E-state index in [2.05, 4.69) is 24.9 Å². The van der Waals surface area contributed by atoms with Gasteiger partial charge < -0.3 is 19.8 Å². The third kappa shape index (κ3) is 5.70. The van der Waals surface area contributed by atoms with E-state index in [1.165, 1.54) is 17.5 Å². The molecule has 11 nitrogen and oxygen atoms in total. The number of piperidine rings is 1. The molecule has 1 N–H and O–H groups in total. The van der Waals surface area contributed by atoms with Gasteiger partial charge in [0.2, 0.25) is 0 Å². The molecule has 0 radical (unpaired) electrons. The largest absolute Gasteiger partial charge is 0.465 e. The molecule has 0 aliphatic carbocycles. The van der Waals surface area contributed by atoms with Crippen LogP contribution in [0.4, 0.5) is 10.6 Å². The van der Waals surface area contributed by atoms with Crippen molar-refractivity contribution in [3.8, 4) is 5.69 Å². The quantitative estimate of drug-likeness (QED) is 0.493. The Morgan fingerprint density at radius 3 is 2.40 bits per heavy atom. The molecular formula is C23H31N7O4S. The van der Waals surface area contributed by atoms with Crippen LogP contribution in [0.15, 0.2) is 41.7 Å².